The number of nitrogens with zero attached hydrogens (tertiary/aromatic N) is 2. The summed E-state index contributed by atoms with van der Waals surface area (Å²) in [6.07, 6.45) is 1.60. The highest BCUT2D eigenvalue weighted by Gasteiger charge is 2.33. The zero-order valence-electron chi connectivity index (χ0n) is 14.0. The molecule has 1 atom stereocenters. The zero-order chi connectivity index (χ0) is 17.2. The van der Waals surface area contributed by atoms with Gasteiger partial charge in [-0.25, -0.2) is 8.42 Å². The van der Waals surface area contributed by atoms with Gasteiger partial charge >= 0.3 is 0 Å². The third kappa shape index (κ3) is 3.53. The van der Waals surface area contributed by atoms with E-state index >= 15 is 0 Å². The van der Waals surface area contributed by atoms with Crippen molar-refractivity contribution < 1.29 is 13.2 Å². The van der Waals surface area contributed by atoms with Crippen LogP contribution in [0.15, 0.2) is 35.2 Å². The minimum atomic E-state index is -3.54. The number of benzene rings is 1. The quantitative estimate of drug-likeness (QED) is 0.896. The van der Waals surface area contributed by atoms with E-state index in [-0.39, 0.29) is 6.10 Å². The summed E-state index contributed by atoms with van der Waals surface area (Å²) >= 11 is 0. The molecule has 1 aromatic carbocycles. The Balaban J connectivity index is 1.69. The second-order valence-corrected chi connectivity index (χ2v) is 8.02. The second-order valence-electron chi connectivity index (χ2n) is 6.14. The van der Waals surface area contributed by atoms with Gasteiger partial charge in [0.15, 0.2) is 0 Å². The molecule has 6 nitrogen and oxygen atoms in total. The van der Waals surface area contributed by atoms with E-state index in [0.29, 0.717) is 36.0 Å². The molecule has 2 aromatic rings. The average molecular weight is 349 g/mol. The number of ether oxygens (including phenoxy) is 1. The van der Waals surface area contributed by atoms with E-state index in [2.05, 4.69) is 22.3 Å². The van der Waals surface area contributed by atoms with Gasteiger partial charge in [0.1, 0.15) is 4.90 Å². The van der Waals surface area contributed by atoms with E-state index in [4.69, 9.17) is 4.74 Å². The molecule has 1 unspecified atom stereocenters. The van der Waals surface area contributed by atoms with Crippen molar-refractivity contribution in [3.63, 3.8) is 0 Å². The van der Waals surface area contributed by atoms with Gasteiger partial charge in [0, 0.05) is 13.1 Å². The van der Waals surface area contributed by atoms with Crippen molar-refractivity contribution in [2.45, 2.75) is 37.7 Å². The first-order valence-corrected chi connectivity index (χ1v) is 9.59. The SMILES string of the molecule is Cc1n[nH]c(C)c1S(=O)(=O)N1CCOC(CCc2ccccc2)C1. The van der Waals surface area contributed by atoms with E-state index in [9.17, 15) is 8.42 Å². The number of aromatic nitrogens is 2. The van der Waals surface area contributed by atoms with Crippen molar-refractivity contribution in [3.8, 4) is 0 Å². The van der Waals surface area contributed by atoms with Crippen LogP contribution in [0.3, 0.4) is 0 Å². The van der Waals surface area contributed by atoms with Gasteiger partial charge in [-0.3, -0.25) is 5.10 Å². The molecule has 1 aromatic heterocycles. The molecule has 0 radical (unpaired) electrons. The van der Waals surface area contributed by atoms with Crippen LogP contribution in [0.5, 0.6) is 0 Å². The van der Waals surface area contributed by atoms with Crippen LogP contribution in [0.1, 0.15) is 23.4 Å². The highest BCUT2D eigenvalue weighted by molar-refractivity contribution is 7.89. The van der Waals surface area contributed by atoms with Gasteiger partial charge in [-0.2, -0.15) is 9.40 Å². The molecular weight excluding hydrogens is 326 g/mol. The van der Waals surface area contributed by atoms with Crippen LogP contribution >= 0.6 is 0 Å². The number of rotatable bonds is 5. The fourth-order valence-corrected chi connectivity index (χ4v) is 4.89. The normalized spacial score (nSPS) is 19.5. The maximum atomic E-state index is 12.9. The molecule has 0 aliphatic carbocycles. The molecule has 0 amide bonds. The Hall–Kier alpha value is -1.70. The second kappa shape index (κ2) is 7.04. The van der Waals surface area contributed by atoms with Crippen LogP contribution in [0.25, 0.3) is 0 Å². The molecule has 1 N–H and O–H groups in total. The van der Waals surface area contributed by atoms with Crippen molar-refractivity contribution in [2.75, 3.05) is 19.7 Å². The molecule has 1 aliphatic rings. The Morgan fingerprint density at radius 2 is 2.04 bits per heavy atom. The molecule has 7 heteroatoms. The molecule has 0 bridgehead atoms. The van der Waals surface area contributed by atoms with Gasteiger partial charge in [-0.15, -0.1) is 0 Å². The smallest absolute Gasteiger partial charge is 0.246 e. The Kier molecular flexibility index (Phi) is 5.03. The van der Waals surface area contributed by atoms with Crippen LogP contribution in [-0.4, -0.2) is 48.7 Å². The largest absolute Gasteiger partial charge is 0.375 e. The minimum absolute atomic E-state index is 0.0822. The molecular formula is C17H23N3O3S. The van der Waals surface area contributed by atoms with Crippen LogP contribution in [0.4, 0.5) is 0 Å². The summed E-state index contributed by atoms with van der Waals surface area (Å²) in [4.78, 5) is 0.297. The minimum Gasteiger partial charge on any atom is -0.375 e. The van der Waals surface area contributed by atoms with Gasteiger partial charge in [0.2, 0.25) is 10.0 Å². The van der Waals surface area contributed by atoms with Crippen molar-refractivity contribution >= 4 is 10.0 Å². The molecule has 24 heavy (non-hydrogen) atoms. The monoisotopic (exact) mass is 349 g/mol. The zero-order valence-corrected chi connectivity index (χ0v) is 14.8. The van der Waals surface area contributed by atoms with Crippen LogP contribution in [-0.2, 0) is 21.2 Å². The Labute approximate surface area is 142 Å². The first kappa shape index (κ1) is 17.1. The lowest BCUT2D eigenvalue weighted by molar-refractivity contribution is -0.00528. The van der Waals surface area contributed by atoms with Gasteiger partial charge in [-0.1, -0.05) is 30.3 Å². The standard InChI is InChI=1S/C17H23N3O3S/c1-13-17(14(2)19-18-13)24(21,22)20-10-11-23-16(12-20)9-8-15-6-4-3-5-7-15/h3-7,16H,8-12H2,1-2H3,(H,18,19). The highest BCUT2D eigenvalue weighted by atomic mass is 32.2. The average Bonchev–Trinajstić information content (AvgIpc) is 2.93. The topological polar surface area (TPSA) is 75.3 Å². The molecule has 2 heterocycles. The van der Waals surface area contributed by atoms with Gasteiger partial charge in [0.25, 0.3) is 0 Å². The fourth-order valence-electron chi connectivity index (χ4n) is 3.11. The highest BCUT2D eigenvalue weighted by Crippen LogP contribution is 2.24. The summed E-state index contributed by atoms with van der Waals surface area (Å²) in [6.45, 7) is 4.64. The number of aromatic amines is 1. The van der Waals surface area contributed by atoms with Crippen LogP contribution in [0, 0.1) is 13.8 Å². The van der Waals surface area contributed by atoms with Crippen LogP contribution < -0.4 is 0 Å². The lowest BCUT2D eigenvalue weighted by atomic mass is 10.1. The lowest BCUT2D eigenvalue weighted by Gasteiger charge is -2.32. The van der Waals surface area contributed by atoms with Crippen molar-refractivity contribution in [1.82, 2.24) is 14.5 Å². The number of morpholine rings is 1. The number of sulfonamides is 1. The Bertz CT molecular complexity index is 767. The summed E-state index contributed by atoms with van der Waals surface area (Å²) < 4.78 is 33.1. The maximum Gasteiger partial charge on any atom is 0.246 e. The third-order valence-corrected chi connectivity index (χ3v) is 6.49. The summed E-state index contributed by atoms with van der Waals surface area (Å²) in [5.74, 6) is 0. The van der Waals surface area contributed by atoms with Gasteiger partial charge in [0.05, 0.1) is 24.1 Å². The summed E-state index contributed by atoms with van der Waals surface area (Å²) in [7, 11) is -3.54. The molecule has 1 saturated heterocycles. The molecule has 1 aliphatic heterocycles. The van der Waals surface area contributed by atoms with Gasteiger partial charge < -0.3 is 4.74 Å². The fraction of sp³-hybridized carbons (Fsp3) is 0.471. The van der Waals surface area contributed by atoms with E-state index in [1.54, 1.807) is 13.8 Å². The van der Waals surface area contributed by atoms with E-state index < -0.39 is 10.0 Å². The molecule has 0 saturated carbocycles. The predicted molar refractivity (Wildman–Crippen MR) is 91.3 cm³/mol. The molecule has 130 valence electrons. The van der Waals surface area contributed by atoms with Crippen molar-refractivity contribution in [2.24, 2.45) is 0 Å². The van der Waals surface area contributed by atoms with Crippen molar-refractivity contribution in [1.29, 1.82) is 0 Å². The van der Waals surface area contributed by atoms with Gasteiger partial charge in [-0.05, 0) is 32.3 Å². The Morgan fingerprint density at radius 3 is 2.71 bits per heavy atom. The first-order valence-electron chi connectivity index (χ1n) is 8.15. The van der Waals surface area contributed by atoms with E-state index in [1.165, 1.54) is 9.87 Å². The van der Waals surface area contributed by atoms with Crippen molar-refractivity contribution in [3.05, 3.63) is 47.3 Å². The summed E-state index contributed by atoms with van der Waals surface area (Å²) in [6, 6.07) is 10.2. The number of nitrogens with one attached hydrogen (secondary N) is 1. The third-order valence-electron chi connectivity index (χ3n) is 4.36. The molecule has 1 fully saturated rings. The number of H-pyrrole nitrogens is 1. The number of hydrogen-bond acceptors (Lipinski definition) is 4. The molecule has 0 spiro atoms. The lowest BCUT2D eigenvalue weighted by Crippen LogP contribution is -2.45. The predicted octanol–water partition coefficient (Wildman–Crippen LogP) is 2.05. The van der Waals surface area contributed by atoms with E-state index in [1.807, 2.05) is 18.2 Å². The Morgan fingerprint density at radius 1 is 1.29 bits per heavy atom. The number of hydrogen-bond donors (Lipinski definition) is 1. The molecule has 3 rings (SSSR count). The maximum absolute atomic E-state index is 12.9. The summed E-state index contributed by atoms with van der Waals surface area (Å²) in [5, 5.41) is 6.76. The summed E-state index contributed by atoms with van der Waals surface area (Å²) in [5.41, 5.74) is 2.34. The van der Waals surface area contributed by atoms with Crippen LogP contribution in [0.2, 0.25) is 0 Å². The van der Waals surface area contributed by atoms with E-state index in [0.717, 1.165) is 12.8 Å². The first-order chi connectivity index (χ1) is 11.5. The number of aryl methyl sites for hydroxylation is 3.